The van der Waals surface area contributed by atoms with Crippen molar-refractivity contribution in [2.24, 2.45) is 0 Å². The summed E-state index contributed by atoms with van der Waals surface area (Å²) in [6.45, 7) is 47.9. The molecule has 0 spiro atoms. The number of rotatable bonds is 17. The van der Waals surface area contributed by atoms with Gasteiger partial charge in [-0.25, -0.2) is 0 Å². The van der Waals surface area contributed by atoms with Crippen LogP contribution in [-0.2, 0) is 13.0 Å². The molecule has 0 aliphatic rings. The first-order valence-electron chi connectivity index (χ1n) is 15.7. The molecule has 42 heavy (non-hydrogen) atoms. The molecular formula is C31H82O4Si7. The van der Waals surface area contributed by atoms with Crippen LogP contribution < -0.4 is 0 Å². The molecule has 0 aliphatic heterocycles. The zero-order valence-corrected chi connectivity index (χ0v) is 37.9. The Morgan fingerprint density at radius 1 is 0.643 bits per heavy atom. The SMILES string of the molecule is C.C.C=C[Si](C)(C)O.C[SiH](C)CC(C)(C)O[Si](C)(C)CC[Si](C)(C)CC(C)(C)O[Si](C)(C)CC[Si](C)(C)O[Si](C)(C)C. The Hall–Kier alpha value is 1.10. The normalized spacial score (nSPS) is 14.0. The smallest absolute Gasteiger partial charge is 0.206 e. The first-order chi connectivity index (χ1) is 17.2. The summed E-state index contributed by atoms with van der Waals surface area (Å²) >= 11 is 0. The lowest BCUT2D eigenvalue weighted by atomic mass is 10.2. The fraction of sp³-hybridized carbons (Fsp3) is 0.935. The maximum atomic E-state index is 8.85. The molecule has 1 N–H and O–H groups in total. The van der Waals surface area contributed by atoms with E-state index < -0.39 is 58.5 Å². The van der Waals surface area contributed by atoms with E-state index in [0.29, 0.717) is 0 Å². The van der Waals surface area contributed by atoms with Crippen molar-refractivity contribution in [1.29, 1.82) is 0 Å². The fourth-order valence-corrected chi connectivity index (χ4v) is 31.3. The molecule has 0 aliphatic carbocycles. The summed E-state index contributed by atoms with van der Waals surface area (Å²) in [7, 11) is -10.4. The molecule has 0 radical (unpaired) electrons. The molecule has 0 unspecified atom stereocenters. The third-order valence-electron chi connectivity index (χ3n) is 6.72. The van der Waals surface area contributed by atoms with Gasteiger partial charge in [-0.2, -0.15) is 0 Å². The van der Waals surface area contributed by atoms with Crippen molar-refractivity contribution in [1.82, 2.24) is 0 Å². The molecule has 4 nitrogen and oxygen atoms in total. The van der Waals surface area contributed by atoms with Crippen molar-refractivity contribution < 1.29 is 17.8 Å². The van der Waals surface area contributed by atoms with Gasteiger partial charge in [0.15, 0.2) is 33.3 Å². The molecule has 11 heteroatoms. The minimum atomic E-state index is -1.87. The zero-order chi connectivity index (χ0) is 32.6. The molecule has 258 valence electrons. The van der Waals surface area contributed by atoms with Gasteiger partial charge in [0.05, 0.1) is 8.07 Å². The summed E-state index contributed by atoms with van der Waals surface area (Å²) in [6, 6.07) is 7.56. The number of hydrogen-bond donors (Lipinski definition) is 1. The molecule has 0 atom stereocenters. The predicted octanol–water partition coefficient (Wildman–Crippen LogP) is 11.4. The van der Waals surface area contributed by atoms with Crippen molar-refractivity contribution in [2.45, 2.75) is 188 Å². The van der Waals surface area contributed by atoms with Crippen LogP contribution >= 0.6 is 0 Å². The highest BCUT2D eigenvalue weighted by Gasteiger charge is 2.40. The second kappa shape index (κ2) is 18.4. The van der Waals surface area contributed by atoms with Crippen LogP contribution in [0.1, 0.15) is 42.5 Å². The molecule has 0 aromatic heterocycles. The topological polar surface area (TPSA) is 47.9 Å². The molecule has 0 aromatic carbocycles. The third kappa shape index (κ3) is 29.8. The Bertz CT molecular complexity index is 751. The van der Waals surface area contributed by atoms with Gasteiger partial charge >= 0.3 is 0 Å². The monoisotopic (exact) mass is 714 g/mol. The standard InChI is InChI=1S/C25H64O3Si6.C4H10OSi.2CH4/c1-24(2,22-29(5)6)26-32(12,13)19-18-31(10,11)23-25(3,4)27-33(14,15)20-21-34(16,17)28-30(7,8)9;1-4-6(2,3)5;;/h29H,18-23H2,1-17H3;4-5H,1H2,2-3H3;2*1H4. The van der Waals surface area contributed by atoms with Crippen LogP contribution in [0.5, 0.6) is 0 Å². The van der Waals surface area contributed by atoms with E-state index >= 15 is 0 Å². The third-order valence-corrected chi connectivity index (χ3v) is 25.2. The minimum absolute atomic E-state index is 0. The van der Waals surface area contributed by atoms with Crippen LogP contribution in [0, 0.1) is 0 Å². The first-order valence-corrected chi connectivity index (χ1v) is 38.0. The van der Waals surface area contributed by atoms with E-state index in [1.807, 2.05) is 13.1 Å². The van der Waals surface area contributed by atoms with Gasteiger partial charge < -0.3 is 17.8 Å². The van der Waals surface area contributed by atoms with Crippen LogP contribution in [0.25, 0.3) is 0 Å². The summed E-state index contributed by atoms with van der Waals surface area (Å²) in [4.78, 5) is 8.85. The molecule has 0 saturated heterocycles. The van der Waals surface area contributed by atoms with Gasteiger partial charge in [-0.05, 0) is 130 Å². The van der Waals surface area contributed by atoms with E-state index in [1.54, 1.807) is 5.70 Å². The maximum absolute atomic E-state index is 8.85. The molecule has 0 saturated carbocycles. The lowest BCUT2D eigenvalue weighted by Gasteiger charge is -2.42. The highest BCUT2D eigenvalue weighted by atomic mass is 28.4. The van der Waals surface area contributed by atoms with Crippen LogP contribution in [0.15, 0.2) is 12.3 Å². The Morgan fingerprint density at radius 2 is 0.976 bits per heavy atom. The molecule has 0 amide bonds. The van der Waals surface area contributed by atoms with Gasteiger partial charge in [0.2, 0.25) is 8.32 Å². The Labute approximate surface area is 275 Å². The van der Waals surface area contributed by atoms with Gasteiger partial charge in [-0.15, -0.1) is 6.58 Å². The molecule has 0 aromatic rings. The van der Waals surface area contributed by atoms with Gasteiger partial charge in [0, 0.05) is 20.0 Å². The highest BCUT2D eigenvalue weighted by molar-refractivity contribution is 6.85. The van der Waals surface area contributed by atoms with E-state index in [2.05, 4.69) is 119 Å². The van der Waals surface area contributed by atoms with E-state index in [0.717, 1.165) is 0 Å². The quantitative estimate of drug-likeness (QED) is 0.152. The van der Waals surface area contributed by atoms with Crippen molar-refractivity contribution in [2.75, 3.05) is 0 Å². The van der Waals surface area contributed by atoms with Crippen molar-refractivity contribution in [3.8, 4) is 0 Å². The average Bonchev–Trinajstić information content (AvgIpc) is 2.59. The summed E-state index contributed by atoms with van der Waals surface area (Å²) in [5.74, 6) is 0. The van der Waals surface area contributed by atoms with Crippen molar-refractivity contribution in [3.63, 3.8) is 0 Å². The first kappa shape index (κ1) is 50.0. The largest absolute Gasteiger partial charge is 0.456 e. The van der Waals surface area contributed by atoms with Crippen LogP contribution in [0.4, 0.5) is 0 Å². The molecular weight excluding hydrogens is 633 g/mol. The van der Waals surface area contributed by atoms with Crippen LogP contribution in [0.2, 0.25) is 134 Å². The van der Waals surface area contributed by atoms with Gasteiger partial charge in [-0.3, -0.25) is 0 Å². The second-order valence-corrected chi connectivity index (χ2v) is 47.6. The predicted molar refractivity (Wildman–Crippen MR) is 216 cm³/mol. The zero-order valence-electron chi connectivity index (χ0n) is 30.8. The highest BCUT2D eigenvalue weighted by Crippen LogP contribution is 2.35. The van der Waals surface area contributed by atoms with Gasteiger partial charge in [0.25, 0.3) is 0 Å². The average molecular weight is 716 g/mol. The Morgan fingerprint density at radius 3 is 1.31 bits per heavy atom. The summed E-state index contributed by atoms with van der Waals surface area (Å²) in [6.07, 6.45) is 0. The van der Waals surface area contributed by atoms with E-state index in [-0.39, 0.29) is 26.1 Å². The second-order valence-electron chi connectivity index (χ2n) is 18.0. The lowest BCUT2D eigenvalue weighted by Crippen LogP contribution is -2.48. The number of hydrogen-bond acceptors (Lipinski definition) is 4. The molecule has 0 bridgehead atoms. The van der Waals surface area contributed by atoms with Gasteiger partial charge in [0.1, 0.15) is 0 Å². The summed E-state index contributed by atoms with van der Waals surface area (Å²) < 4.78 is 20.4. The Balaban J connectivity index is -0.000000810. The van der Waals surface area contributed by atoms with Crippen LogP contribution in [0.3, 0.4) is 0 Å². The van der Waals surface area contributed by atoms with Crippen molar-refractivity contribution in [3.05, 3.63) is 12.3 Å². The van der Waals surface area contributed by atoms with Gasteiger partial charge in [-0.1, -0.05) is 52.8 Å². The molecule has 0 rings (SSSR count). The van der Waals surface area contributed by atoms with E-state index in [4.69, 9.17) is 17.8 Å². The maximum Gasteiger partial charge on any atom is 0.206 e. The van der Waals surface area contributed by atoms with Crippen molar-refractivity contribution >= 4 is 58.5 Å². The summed E-state index contributed by atoms with van der Waals surface area (Å²) in [5, 5.41) is 0. The molecule has 0 heterocycles. The lowest BCUT2D eigenvalue weighted by molar-refractivity contribution is 0.117. The van der Waals surface area contributed by atoms with Crippen LogP contribution in [-0.4, -0.2) is 74.5 Å². The van der Waals surface area contributed by atoms with E-state index in [9.17, 15) is 0 Å². The Kier molecular flexibility index (Phi) is 21.9. The fourth-order valence-electron chi connectivity index (χ4n) is 6.02. The minimum Gasteiger partial charge on any atom is -0.456 e. The van der Waals surface area contributed by atoms with E-state index in [1.165, 1.54) is 36.3 Å². The molecule has 0 fully saturated rings. The summed E-state index contributed by atoms with van der Waals surface area (Å²) in [5.41, 5.74) is 1.65.